The number of carbonyl (C=O) groups is 1. The smallest absolute Gasteiger partial charge is 0.321 e. The van der Waals surface area contributed by atoms with Crippen LogP contribution < -0.4 is 10.6 Å². The summed E-state index contributed by atoms with van der Waals surface area (Å²) in [5, 5.41) is 13.8. The Bertz CT molecular complexity index is 525. The fourth-order valence-corrected chi connectivity index (χ4v) is 3.83. The van der Waals surface area contributed by atoms with Crippen LogP contribution in [0.2, 0.25) is 0 Å². The first kappa shape index (κ1) is 12.2. The molecule has 0 aromatic carbocycles. The molecule has 2 heterocycles. The van der Waals surface area contributed by atoms with Gasteiger partial charge in [0.25, 0.3) is 0 Å². The van der Waals surface area contributed by atoms with Crippen LogP contribution in [0.1, 0.15) is 11.4 Å². The molecule has 0 bridgehead atoms. The van der Waals surface area contributed by atoms with E-state index in [1.165, 1.54) is 11.3 Å². The van der Waals surface area contributed by atoms with Crippen LogP contribution in [0, 0.1) is 6.92 Å². The van der Waals surface area contributed by atoms with E-state index in [2.05, 4.69) is 20.8 Å². The normalized spacial score (nSPS) is 22.3. The summed E-state index contributed by atoms with van der Waals surface area (Å²) in [7, 11) is -2.98. The van der Waals surface area contributed by atoms with Gasteiger partial charge in [0, 0.05) is 6.04 Å². The summed E-state index contributed by atoms with van der Waals surface area (Å²) in [4.78, 5) is 11.5. The van der Waals surface area contributed by atoms with Crippen molar-refractivity contribution in [2.24, 2.45) is 0 Å². The van der Waals surface area contributed by atoms with Crippen molar-refractivity contribution < 1.29 is 13.2 Å². The molecule has 2 N–H and O–H groups in total. The molecular formula is C8H12N4O3S2. The second-order valence-electron chi connectivity index (χ2n) is 3.82. The van der Waals surface area contributed by atoms with E-state index >= 15 is 0 Å². The molecule has 2 amide bonds. The molecule has 0 aliphatic carbocycles. The molecule has 0 radical (unpaired) electrons. The van der Waals surface area contributed by atoms with Crippen molar-refractivity contribution in [3.8, 4) is 0 Å². The van der Waals surface area contributed by atoms with Gasteiger partial charge in [0.2, 0.25) is 5.13 Å². The zero-order valence-electron chi connectivity index (χ0n) is 9.13. The van der Waals surface area contributed by atoms with Crippen LogP contribution in [-0.2, 0) is 9.84 Å². The van der Waals surface area contributed by atoms with E-state index in [9.17, 15) is 13.2 Å². The van der Waals surface area contributed by atoms with E-state index in [0.717, 1.165) is 5.01 Å². The zero-order valence-corrected chi connectivity index (χ0v) is 10.8. The summed E-state index contributed by atoms with van der Waals surface area (Å²) in [6.07, 6.45) is 0.463. The Hall–Kier alpha value is -1.22. The fraction of sp³-hybridized carbons (Fsp3) is 0.625. The summed E-state index contributed by atoms with van der Waals surface area (Å²) in [5.74, 6) is 0.144. The Morgan fingerprint density at radius 3 is 2.76 bits per heavy atom. The number of aromatic nitrogens is 2. The molecule has 1 aliphatic rings. The van der Waals surface area contributed by atoms with Gasteiger partial charge in [-0.25, -0.2) is 13.2 Å². The lowest BCUT2D eigenvalue weighted by Crippen LogP contribution is -2.38. The average Bonchev–Trinajstić information content (AvgIpc) is 2.73. The molecule has 1 aromatic rings. The van der Waals surface area contributed by atoms with Gasteiger partial charge in [-0.3, -0.25) is 5.32 Å². The summed E-state index contributed by atoms with van der Waals surface area (Å²) in [5.41, 5.74) is 0. The first-order valence-corrected chi connectivity index (χ1v) is 7.66. The van der Waals surface area contributed by atoms with Gasteiger partial charge >= 0.3 is 6.03 Å². The zero-order chi connectivity index (χ0) is 12.5. The van der Waals surface area contributed by atoms with Crippen molar-refractivity contribution in [2.75, 3.05) is 16.8 Å². The topological polar surface area (TPSA) is 101 Å². The number of nitrogens with zero attached hydrogens (tertiary/aromatic N) is 2. The van der Waals surface area contributed by atoms with Crippen LogP contribution in [0.3, 0.4) is 0 Å². The number of hydrogen-bond acceptors (Lipinski definition) is 6. The summed E-state index contributed by atoms with van der Waals surface area (Å²) >= 11 is 1.26. The van der Waals surface area contributed by atoms with E-state index in [4.69, 9.17) is 0 Å². The Morgan fingerprint density at radius 2 is 2.24 bits per heavy atom. The highest BCUT2D eigenvalue weighted by atomic mass is 32.2. The van der Waals surface area contributed by atoms with Crippen molar-refractivity contribution in [3.05, 3.63) is 5.01 Å². The van der Waals surface area contributed by atoms with Crippen LogP contribution >= 0.6 is 11.3 Å². The van der Waals surface area contributed by atoms with Gasteiger partial charge < -0.3 is 5.32 Å². The number of sulfone groups is 1. The standard InChI is InChI=1S/C8H12N4O3S2/c1-5-11-12-8(16-5)10-7(13)9-6-2-3-17(14,15)4-6/h6H,2-4H2,1H3,(H2,9,10,12,13). The van der Waals surface area contributed by atoms with Gasteiger partial charge in [-0.1, -0.05) is 11.3 Å². The van der Waals surface area contributed by atoms with E-state index in [1.807, 2.05) is 0 Å². The van der Waals surface area contributed by atoms with Crippen LogP contribution in [0.4, 0.5) is 9.93 Å². The van der Waals surface area contributed by atoms with Gasteiger partial charge in [-0.15, -0.1) is 10.2 Å². The molecule has 0 spiro atoms. The molecule has 94 valence electrons. The minimum absolute atomic E-state index is 0.00949. The Balaban J connectivity index is 1.86. The summed E-state index contributed by atoms with van der Waals surface area (Å²) < 4.78 is 22.4. The molecule has 0 saturated carbocycles. The second-order valence-corrected chi connectivity index (χ2v) is 7.24. The lowest BCUT2D eigenvalue weighted by molar-refractivity contribution is 0.249. The molecule has 17 heavy (non-hydrogen) atoms. The van der Waals surface area contributed by atoms with Crippen molar-refractivity contribution >= 4 is 32.3 Å². The summed E-state index contributed by atoms with van der Waals surface area (Å²) in [6, 6.07) is -0.753. The molecule has 9 heteroatoms. The molecule has 7 nitrogen and oxygen atoms in total. The average molecular weight is 276 g/mol. The maximum absolute atomic E-state index is 11.5. The van der Waals surface area contributed by atoms with Crippen LogP contribution in [0.5, 0.6) is 0 Å². The molecule has 1 atom stereocenters. The minimum atomic E-state index is -2.98. The Labute approximate surface area is 103 Å². The largest absolute Gasteiger partial charge is 0.334 e. The van der Waals surface area contributed by atoms with Crippen molar-refractivity contribution in [1.29, 1.82) is 0 Å². The number of aryl methyl sites for hydroxylation is 1. The SMILES string of the molecule is Cc1nnc(NC(=O)NC2CCS(=O)(=O)C2)s1. The lowest BCUT2D eigenvalue weighted by Gasteiger charge is -2.09. The lowest BCUT2D eigenvalue weighted by atomic mass is 10.3. The second kappa shape index (κ2) is 4.57. The third kappa shape index (κ3) is 3.37. The van der Waals surface area contributed by atoms with Crippen molar-refractivity contribution in [2.45, 2.75) is 19.4 Å². The van der Waals surface area contributed by atoms with Crippen molar-refractivity contribution in [3.63, 3.8) is 0 Å². The Morgan fingerprint density at radius 1 is 1.47 bits per heavy atom. The van der Waals surface area contributed by atoms with Crippen LogP contribution in [0.15, 0.2) is 0 Å². The van der Waals surface area contributed by atoms with E-state index < -0.39 is 15.9 Å². The maximum atomic E-state index is 11.5. The van der Waals surface area contributed by atoms with Gasteiger partial charge in [0.15, 0.2) is 9.84 Å². The highest BCUT2D eigenvalue weighted by Gasteiger charge is 2.28. The van der Waals surface area contributed by atoms with Gasteiger partial charge in [-0.2, -0.15) is 0 Å². The van der Waals surface area contributed by atoms with Crippen LogP contribution in [0.25, 0.3) is 0 Å². The highest BCUT2D eigenvalue weighted by molar-refractivity contribution is 7.91. The predicted octanol–water partition coefficient (Wildman–Crippen LogP) is 0.155. The van der Waals surface area contributed by atoms with E-state index in [-0.39, 0.29) is 17.5 Å². The molecule has 1 saturated heterocycles. The molecule has 1 unspecified atom stereocenters. The number of hydrogen-bond donors (Lipinski definition) is 2. The van der Waals surface area contributed by atoms with Crippen molar-refractivity contribution in [1.82, 2.24) is 15.5 Å². The minimum Gasteiger partial charge on any atom is -0.334 e. The Kier molecular flexibility index (Phi) is 3.29. The first-order valence-electron chi connectivity index (χ1n) is 5.03. The summed E-state index contributed by atoms with van der Waals surface area (Å²) in [6.45, 7) is 1.78. The van der Waals surface area contributed by atoms with Crippen LogP contribution in [-0.4, -0.2) is 42.2 Å². The van der Waals surface area contributed by atoms with E-state index in [1.54, 1.807) is 6.92 Å². The number of rotatable bonds is 2. The number of anilines is 1. The number of carbonyl (C=O) groups excluding carboxylic acids is 1. The highest BCUT2D eigenvalue weighted by Crippen LogP contribution is 2.14. The quantitative estimate of drug-likeness (QED) is 0.801. The number of amides is 2. The van der Waals surface area contributed by atoms with E-state index in [0.29, 0.717) is 11.6 Å². The molecule has 1 aromatic heterocycles. The van der Waals surface area contributed by atoms with Gasteiger partial charge in [-0.05, 0) is 13.3 Å². The fourth-order valence-electron chi connectivity index (χ4n) is 1.57. The molecule has 1 aliphatic heterocycles. The molecule has 1 fully saturated rings. The monoisotopic (exact) mass is 276 g/mol. The molecule has 2 rings (SSSR count). The number of urea groups is 1. The first-order chi connectivity index (χ1) is 7.94. The predicted molar refractivity (Wildman–Crippen MR) is 63.9 cm³/mol. The third-order valence-corrected chi connectivity index (χ3v) is 4.84. The number of nitrogens with one attached hydrogen (secondary N) is 2. The van der Waals surface area contributed by atoms with Gasteiger partial charge in [0.05, 0.1) is 11.5 Å². The van der Waals surface area contributed by atoms with Gasteiger partial charge in [0.1, 0.15) is 5.01 Å². The maximum Gasteiger partial charge on any atom is 0.321 e. The molecular weight excluding hydrogens is 264 g/mol. The third-order valence-electron chi connectivity index (χ3n) is 2.31.